The molecule has 0 radical (unpaired) electrons. The van der Waals surface area contributed by atoms with Gasteiger partial charge in [0.05, 0.1) is 11.9 Å². The molecule has 0 aliphatic carbocycles. The second-order valence-electron chi connectivity index (χ2n) is 8.79. The van der Waals surface area contributed by atoms with E-state index in [1.165, 1.54) is 15.8 Å². The molecule has 3 aliphatic heterocycles. The van der Waals surface area contributed by atoms with Crippen molar-refractivity contribution < 1.29 is 19.2 Å². The first-order valence-corrected chi connectivity index (χ1v) is 11.4. The number of anilines is 1. The summed E-state index contributed by atoms with van der Waals surface area (Å²) in [5.41, 5.74) is 1.95. The summed E-state index contributed by atoms with van der Waals surface area (Å²) in [6.45, 7) is 1.00. The largest absolute Gasteiger partial charge is 0.322 e. The maximum absolute atomic E-state index is 12.9. The van der Waals surface area contributed by atoms with E-state index in [4.69, 9.17) is 0 Å². The van der Waals surface area contributed by atoms with Gasteiger partial charge in [-0.15, -0.1) is 15.3 Å². The summed E-state index contributed by atoms with van der Waals surface area (Å²) < 4.78 is 3.35. The van der Waals surface area contributed by atoms with Gasteiger partial charge in [0.2, 0.25) is 17.8 Å². The van der Waals surface area contributed by atoms with Crippen LogP contribution in [0.25, 0.3) is 5.69 Å². The van der Waals surface area contributed by atoms with Gasteiger partial charge in [-0.25, -0.2) is 4.68 Å². The lowest BCUT2D eigenvalue weighted by Crippen LogP contribution is -2.52. The summed E-state index contributed by atoms with van der Waals surface area (Å²) in [5, 5.41) is 21.3. The smallest absolute Gasteiger partial charge is 0.280 e. The number of rotatable bonds is 4. The van der Waals surface area contributed by atoms with Crippen molar-refractivity contribution in [1.82, 2.24) is 40.0 Å². The molecule has 6 rings (SSSR count). The minimum Gasteiger partial charge on any atom is -0.322 e. The van der Waals surface area contributed by atoms with Gasteiger partial charge in [0, 0.05) is 31.5 Å². The number of carbonyl (C=O) groups excluding carboxylic acids is 4. The van der Waals surface area contributed by atoms with E-state index in [-0.39, 0.29) is 30.5 Å². The molecule has 2 N–H and O–H groups in total. The van der Waals surface area contributed by atoms with Gasteiger partial charge in [0.25, 0.3) is 11.8 Å². The summed E-state index contributed by atoms with van der Waals surface area (Å²) in [4.78, 5) is 50.8. The van der Waals surface area contributed by atoms with Crippen molar-refractivity contribution in [2.45, 2.75) is 51.2 Å². The molecule has 1 fully saturated rings. The second-order valence-corrected chi connectivity index (χ2v) is 8.79. The third-order valence-corrected chi connectivity index (χ3v) is 6.58. The number of hydrogen-bond donors (Lipinski definition) is 2. The topological polar surface area (TPSA) is 157 Å². The van der Waals surface area contributed by atoms with Crippen LogP contribution in [0.5, 0.6) is 0 Å². The van der Waals surface area contributed by atoms with Crippen molar-refractivity contribution >= 4 is 29.6 Å². The van der Waals surface area contributed by atoms with Gasteiger partial charge in [-0.05, 0) is 43.0 Å². The summed E-state index contributed by atoms with van der Waals surface area (Å²) >= 11 is 0. The maximum Gasteiger partial charge on any atom is 0.280 e. The minimum absolute atomic E-state index is 0.111. The molecule has 4 amide bonds. The van der Waals surface area contributed by atoms with Crippen LogP contribution in [0.15, 0.2) is 24.4 Å². The van der Waals surface area contributed by atoms with Gasteiger partial charge in [0.1, 0.15) is 11.9 Å². The Hall–Kier alpha value is -4.42. The van der Waals surface area contributed by atoms with Crippen molar-refractivity contribution in [3.05, 3.63) is 47.0 Å². The predicted octanol–water partition coefficient (Wildman–Crippen LogP) is 0.208. The Morgan fingerprint density at radius 3 is 2.83 bits per heavy atom. The fraction of sp³-hybridized carbons (Fsp3) is 0.364. The van der Waals surface area contributed by atoms with E-state index in [1.54, 1.807) is 18.2 Å². The van der Waals surface area contributed by atoms with E-state index in [2.05, 4.69) is 31.1 Å². The monoisotopic (exact) mass is 475 g/mol. The van der Waals surface area contributed by atoms with Crippen LogP contribution in [0.3, 0.4) is 0 Å². The molecule has 5 heterocycles. The lowest BCUT2D eigenvalue weighted by Gasteiger charge is -2.29. The van der Waals surface area contributed by atoms with Gasteiger partial charge in [-0.2, -0.15) is 0 Å². The molecule has 1 atom stereocenters. The number of amides is 4. The van der Waals surface area contributed by atoms with Gasteiger partial charge in [0.15, 0.2) is 5.69 Å². The average Bonchev–Trinajstić information content (AvgIpc) is 3.57. The molecule has 0 bridgehead atoms. The first-order chi connectivity index (χ1) is 17.0. The van der Waals surface area contributed by atoms with Crippen molar-refractivity contribution in [3.8, 4) is 5.69 Å². The van der Waals surface area contributed by atoms with Crippen molar-refractivity contribution in [2.75, 3.05) is 5.32 Å². The van der Waals surface area contributed by atoms with Crippen LogP contribution in [0.2, 0.25) is 0 Å². The third-order valence-electron chi connectivity index (χ3n) is 6.58. The molecule has 13 nitrogen and oxygen atoms in total. The van der Waals surface area contributed by atoms with Crippen LogP contribution >= 0.6 is 0 Å². The summed E-state index contributed by atoms with van der Waals surface area (Å²) in [5.74, 6) is -0.233. The predicted molar refractivity (Wildman–Crippen MR) is 118 cm³/mol. The van der Waals surface area contributed by atoms with Gasteiger partial charge in [-0.1, -0.05) is 5.21 Å². The zero-order chi connectivity index (χ0) is 24.1. The van der Waals surface area contributed by atoms with Gasteiger partial charge >= 0.3 is 0 Å². The summed E-state index contributed by atoms with van der Waals surface area (Å²) in [6.07, 6.45) is 4.89. The summed E-state index contributed by atoms with van der Waals surface area (Å²) in [7, 11) is 0. The van der Waals surface area contributed by atoms with E-state index in [1.807, 2.05) is 4.57 Å². The van der Waals surface area contributed by atoms with Crippen LogP contribution in [0, 0.1) is 0 Å². The molecular weight excluding hydrogens is 454 g/mol. The molecule has 13 heteroatoms. The lowest BCUT2D eigenvalue weighted by atomic mass is 10.0. The van der Waals surface area contributed by atoms with E-state index >= 15 is 0 Å². The minimum atomic E-state index is -0.680. The zero-order valence-electron chi connectivity index (χ0n) is 18.6. The van der Waals surface area contributed by atoms with Gasteiger partial charge in [-0.3, -0.25) is 34.4 Å². The Morgan fingerprint density at radius 1 is 1.09 bits per heavy atom. The number of benzene rings is 1. The third kappa shape index (κ3) is 3.64. The molecule has 178 valence electrons. The fourth-order valence-electron chi connectivity index (χ4n) is 4.76. The molecule has 2 aromatic heterocycles. The highest BCUT2D eigenvalue weighted by atomic mass is 16.2. The number of nitrogens with zero attached hydrogens (tertiary/aromatic N) is 7. The Bertz CT molecular complexity index is 1390. The molecule has 0 saturated carbocycles. The Kier molecular flexibility index (Phi) is 4.90. The van der Waals surface area contributed by atoms with E-state index < -0.39 is 17.9 Å². The second kappa shape index (κ2) is 8.11. The number of aromatic nitrogens is 6. The van der Waals surface area contributed by atoms with Crippen LogP contribution < -0.4 is 10.6 Å². The van der Waals surface area contributed by atoms with Crippen molar-refractivity contribution in [1.29, 1.82) is 0 Å². The SMILES string of the molecule is O=C1CCC(N2Cc3cc(-n4cc(C(=O)Nc5nnc6n5CCCC6)nn4)ccc3C2=O)C(=O)N1. The summed E-state index contributed by atoms with van der Waals surface area (Å²) in [6, 6.07) is 4.48. The molecule has 3 aliphatic rings. The van der Waals surface area contributed by atoms with E-state index in [9.17, 15) is 19.2 Å². The Labute approximate surface area is 198 Å². The molecule has 35 heavy (non-hydrogen) atoms. The first kappa shape index (κ1) is 21.1. The molecule has 1 saturated heterocycles. The Balaban J connectivity index is 1.19. The highest BCUT2D eigenvalue weighted by molar-refractivity contribution is 6.05. The number of piperidine rings is 1. The van der Waals surface area contributed by atoms with Gasteiger partial charge < -0.3 is 4.90 Å². The average molecular weight is 475 g/mol. The molecule has 1 unspecified atom stereocenters. The normalized spacial score (nSPS) is 19.4. The molecule has 0 spiro atoms. The van der Waals surface area contributed by atoms with Crippen LogP contribution in [-0.2, 0) is 29.1 Å². The number of fused-ring (bicyclic) bond motifs is 2. The fourth-order valence-corrected chi connectivity index (χ4v) is 4.76. The van der Waals surface area contributed by atoms with Crippen LogP contribution in [-0.4, -0.2) is 64.3 Å². The maximum atomic E-state index is 12.9. The number of carbonyl (C=O) groups is 4. The number of hydrogen-bond acceptors (Lipinski definition) is 8. The van der Waals surface area contributed by atoms with Crippen LogP contribution in [0.1, 0.15) is 57.9 Å². The zero-order valence-corrected chi connectivity index (χ0v) is 18.6. The van der Waals surface area contributed by atoms with Crippen LogP contribution in [0.4, 0.5) is 5.95 Å². The number of aryl methyl sites for hydroxylation is 1. The standard InChI is InChI=1S/C22H21N9O4/c32-18-7-6-16(20(34)23-18)30-10-12-9-13(4-5-14(12)21(30)35)31-11-15(25-28-31)19(33)24-22-27-26-17-3-1-2-8-29(17)22/h4-5,9,11,16H,1-3,6-8,10H2,(H,23,32,34)(H,24,27,33). The molecular formula is C22H21N9O4. The quantitative estimate of drug-likeness (QED) is 0.507. The van der Waals surface area contributed by atoms with E-state index in [0.29, 0.717) is 23.6 Å². The first-order valence-electron chi connectivity index (χ1n) is 11.4. The van der Waals surface area contributed by atoms with Crippen molar-refractivity contribution in [3.63, 3.8) is 0 Å². The number of nitrogens with one attached hydrogen (secondary N) is 2. The molecule has 3 aromatic rings. The Morgan fingerprint density at radius 2 is 1.97 bits per heavy atom. The highest BCUT2D eigenvalue weighted by Crippen LogP contribution is 2.29. The number of imide groups is 1. The highest BCUT2D eigenvalue weighted by Gasteiger charge is 2.39. The lowest BCUT2D eigenvalue weighted by molar-refractivity contribution is -0.136. The molecule has 1 aromatic carbocycles. The van der Waals surface area contributed by atoms with E-state index in [0.717, 1.165) is 37.2 Å². The van der Waals surface area contributed by atoms with Crippen molar-refractivity contribution in [2.24, 2.45) is 0 Å².